The number of hydrogen-bond donors (Lipinski definition) is 3. The Morgan fingerprint density at radius 1 is 1.29 bits per heavy atom. The van der Waals surface area contributed by atoms with E-state index in [-0.39, 0.29) is 25.3 Å². The highest BCUT2D eigenvalue weighted by atomic mass is 19.1. The molecule has 0 heterocycles. The van der Waals surface area contributed by atoms with Gasteiger partial charge in [-0.05, 0) is 18.2 Å². The van der Waals surface area contributed by atoms with Crippen molar-refractivity contribution in [2.45, 2.75) is 0 Å². The summed E-state index contributed by atoms with van der Waals surface area (Å²) in [5, 5.41) is 13.2. The van der Waals surface area contributed by atoms with E-state index in [1.807, 2.05) is 0 Å². The first-order chi connectivity index (χ1) is 8.13. The van der Waals surface area contributed by atoms with Gasteiger partial charge in [-0.1, -0.05) is 6.07 Å². The molecule has 0 saturated carbocycles. The number of carbonyl (C=O) groups excluding carboxylic acids is 2. The predicted octanol–water partition coefficient (Wildman–Crippen LogP) is -0.336. The van der Waals surface area contributed by atoms with Crippen molar-refractivity contribution in [1.29, 1.82) is 0 Å². The summed E-state index contributed by atoms with van der Waals surface area (Å²) in [7, 11) is 0. The van der Waals surface area contributed by atoms with Crippen LogP contribution in [0.15, 0.2) is 24.3 Å². The lowest BCUT2D eigenvalue weighted by atomic mass is 10.2. The molecule has 0 spiro atoms. The summed E-state index contributed by atoms with van der Waals surface area (Å²) in [5.74, 6) is -1.45. The smallest absolute Gasteiger partial charge is 0.251 e. The predicted molar refractivity (Wildman–Crippen MR) is 58.8 cm³/mol. The third kappa shape index (κ3) is 4.60. The molecule has 3 N–H and O–H groups in total. The maximum absolute atomic E-state index is 12.8. The molecule has 92 valence electrons. The molecule has 0 atom stereocenters. The minimum atomic E-state index is -0.524. The molecule has 2 amide bonds. The Labute approximate surface area is 97.6 Å². The molecular weight excluding hydrogens is 227 g/mol. The highest BCUT2D eigenvalue weighted by molar-refractivity contribution is 5.96. The van der Waals surface area contributed by atoms with Gasteiger partial charge in [-0.2, -0.15) is 0 Å². The highest BCUT2D eigenvalue weighted by Crippen LogP contribution is 2.02. The fraction of sp³-hybridized carbons (Fsp3) is 0.273. The summed E-state index contributed by atoms with van der Waals surface area (Å²) >= 11 is 0. The van der Waals surface area contributed by atoms with E-state index >= 15 is 0 Å². The maximum atomic E-state index is 12.8. The van der Waals surface area contributed by atoms with E-state index in [2.05, 4.69) is 10.6 Å². The molecule has 0 bridgehead atoms. The topological polar surface area (TPSA) is 78.4 Å². The summed E-state index contributed by atoms with van der Waals surface area (Å²) in [6, 6.07) is 5.17. The van der Waals surface area contributed by atoms with E-state index in [1.54, 1.807) is 0 Å². The first-order valence-corrected chi connectivity index (χ1v) is 5.05. The van der Waals surface area contributed by atoms with E-state index < -0.39 is 17.6 Å². The SMILES string of the molecule is O=C(CNC(=O)c1cccc(F)c1)NCCO. The summed E-state index contributed by atoms with van der Waals surface area (Å²) in [6.45, 7) is -0.242. The molecule has 0 radical (unpaired) electrons. The van der Waals surface area contributed by atoms with Crippen molar-refractivity contribution in [1.82, 2.24) is 10.6 Å². The Morgan fingerprint density at radius 3 is 2.71 bits per heavy atom. The van der Waals surface area contributed by atoms with Crippen LogP contribution in [0.25, 0.3) is 0 Å². The third-order valence-corrected chi connectivity index (χ3v) is 1.93. The Morgan fingerprint density at radius 2 is 2.06 bits per heavy atom. The first-order valence-electron chi connectivity index (χ1n) is 5.05. The summed E-state index contributed by atoms with van der Waals surface area (Å²) in [5.41, 5.74) is 0.153. The van der Waals surface area contributed by atoms with E-state index in [4.69, 9.17) is 5.11 Å². The van der Waals surface area contributed by atoms with Crippen LogP contribution in [0, 0.1) is 5.82 Å². The average Bonchev–Trinajstić information content (AvgIpc) is 2.33. The van der Waals surface area contributed by atoms with Crippen molar-refractivity contribution in [2.24, 2.45) is 0 Å². The Kier molecular flexibility index (Phi) is 5.09. The zero-order valence-corrected chi connectivity index (χ0v) is 9.07. The summed E-state index contributed by atoms with van der Waals surface area (Å²) < 4.78 is 12.8. The van der Waals surface area contributed by atoms with E-state index in [1.165, 1.54) is 18.2 Å². The van der Waals surface area contributed by atoms with Gasteiger partial charge in [-0.15, -0.1) is 0 Å². The molecule has 1 rings (SSSR count). The molecule has 6 heteroatoms. The standard InChI is InChI=1S/C11H13FN2O3/c12-9-3-1-2-8(6-9)11(17)14-7-10(16)13-4-5-15/h1-3,6,15H,4-5,7H2,(H,13,16)(H,14,17). The zero-order chi connectivity index (χ0) is 12.7. The van der Waals surface area contributed by atoms with E-state index in [9.17, 15) is 14.0 Å². The Bertz CT molecular complexity index is 409. The number of rotatable bonds is 5. The van der Waals surface area contributed by atoms with Crippen LogP contribution in [0.3, 0.4) is 0 Å². The van der Waals surface area contributed by atoms with Gasteiger partial charge in [0.15, 0.2) is 0 Å². The number of aliphatic hydroxyl groups is 1. The average molecular weight is 240 g/mol. The second-order valence-corrected chi connectivity index (χ2v) is 3.27. The number of benzene rings is 1. The molecule has 0 aliphatic heterocycles. The van der Waals surface area contributed by atoms with Crippen molar-refractivity contribution < 1.29 is 19.1 Å². The van der Waals surface area contributed by atoms with Gasteiger partial charge in [0, 0.05) is 12.1 Å². The lowest BCUT2D eigenvalue weighted by Crippen LogP contribution is -2.38. The minimum Gasteiger partial charge on any atom is -0.395 e. The maximum Gasteiger partial charge on any atom is 0.251 e. The van der Waals surface area contributed by atoms with Crippen molar-refractivity contribution >= 4 is 11.8 Å². The second-order valence-electron chi connectivity index (χ2n) is 3.27. The summed E-state index contributed by atoms with van der Waals surface area (Å²) in [4.78, 5) is 22.6. The van der Waals surface area contributed by atoms with Gasteiger partial charge >= 0.3 is 0 Å². The van der Waals surface area contributed by atoms with Gasteiger partial charge in [-0.25, -0.2) is 4.39 Å². The Hall–Kier alpha value is -1.95. The van der Waals surface area contributed by atoms with Crippen LogP contribution in [0.4, 0.5) is 4.39 Å². The van der Waals surface area contributed by atoms with Crippen molar-refractivity contribution in [3.05, 3.63) is 35.6 Å². The molecule has 0 fully saturated rings. The number of aliphatic hydroxyl groups excluding tert-OH is 1. The van der Waals surface area contributed by atoms with Gasteiger partial charge in [0.1, 0.15) is 5.82 Å². The normalized spacial score (nSPS) is 9.76. The van der Waals surface area contributed by atoms with Crippen LogP contribution in [-0.4, -0.2) is 36.6 Å². The van der Waals surface area contributed by atoms with Crippen LogP contribution < -0.4 is 10.6 Å². The van der Waals surface area contributed by atoms with Crippen molar-refractivity contribution in [3.8, 4) is 0 Å². The van der Waals surface area contributed by atoms with Gasteiger partial charge in [-0.3, -0.25) is 9.59 Å². The number of nitrogens with one attached hydrogen (secondary N) is 2. The third-order valence-electron chi connectivity index (χ3n) is 1.93. The molecule has 0 aromatic heterocycles. The monoisotopic (exact) mass is 240 g/mol. The van der Waals surface area contributed by atoms with E-state index in [0.717, 1.165) is 6.07 Å². The quantitative estimate of drug-likeness (QED) is 0.659. The highest BCUT2D eigenvalue weighted by Gasteiger charge is 2.07. The lowest BCUT2D eigenvalue weighted by molar-refractivity contribution is -0.120. The summed E-state index contributed by atoms with van der Waals surface area (Å²) in [6.07, 6.45) is 0. The van der Waals surface area contributed by atoms with Gasteiger partial charge < -0.3 is 15.7 Å². The molecule has 0 saturated heterocycles. The van der Waals surface area contributed by atoms with Crippen molar-refractivity contribution in [2.75, 3.05) is 19.7 Å². The second kappa shape index (κ2) is 6.59. The number of halogens is 1. The molecule has 1 aromatic carbocycles. The molecule has 1 aromatic rings. The largest absolute Gasteiger partial charge is 0.395 e. The lowest BCUT2D eigenvalue weighted by Gasteiger charge is -2.05. The Balaban J connectivity index is 2.42. The fourth-order valence-corrected chi connectivity index (χ4v) is 1.15. The van der Waals surface area contributed by atoms with Gasteiger partial charge in [0.2, 0.25) is 5.91 Å². The van der Waals surface area contributed by atoms with Crippen molar-refractivity contribution in [3.63, 3.8) is 0 Å². The molecule has 17 heavy (non-hydrogen) atoms. The number of amides is 2. The van der Waals surface area contributed by atoms with Gasteiger partial charge in [0.05, 0.1) is 13.2 Å². The minimum absolute atomic E-state index is 0.134. The number of hydrogen-bond acceptors (Lipinski definition) is 3. The van der Waals surface area contributed by atoms with E-state index in [0.29, 0.717) is 0 Å². The molecule has 0 aliphatic carbocycles. The molecule has 0 aliphatic rings. The first kappa shape index (κ1) is 13.1. The van der Waals surface area contributed by atoms with Crippen LogP contribution >= 0.6 is 0 Å². The molecule has 0 unspecified atom stereocenters. The molecular formula is C11H13FN2O3. The van der Waals surface area contributed by atoms with Gasteiger partial charge in [0.25, 0.3) is 5.91 Å². The van der Waals surface area contributed by atoms with Crippen LogP contribution in [-0.2, 0) is 4.79 Å². The molecule has 5 nitrogen and oxygen atoms in total. The fourth-order valence-electron chi connectivity index (χ4n) is 1.15. The number of carbonyl (C=O) groups is 2. The van der Waals surface area contributed by atoms with Crippen LogP contribution in [0.2, 0.25) is 0 Å². The van der Waals surface area contributed by atoms with Crippen LogP contribution in [0.5, 0.6) is 0 Å². The van der Waals surface area contributed by atoms with Crippen LogP contribution in [0.1, 0.15) is 10.4 Å². The zero-order valence-electron chi connectivity index (χ0n) is 9.07.